The van der Waals surface area contributed by atoms with E-state index in [0.29, 0.717) is 30.3 Å². The van der Waals surface area contributed by atoms with E-state index in [4.69, 9.17) is 4.52 Å². The van der Waals surface area contributed by atoms with Gasteiger partial charge in [-0.05, 0) is 25.0 Å². The summed E-state index contributed by atoms with van der Waals surface area (Å²) in [4.78, 5) is 10.6. The van der Waals surface area contributed by atoms with E-state index < -0.39 is 0 Å². The standard InChI is InChI=1S/C13H16N4O2/c1-17(2)9-3-4-14-11(7-9)12-15-13(19-16-12)8-5-10(18)6-8/h3-4,7-8,10,18H,5-6H2,1-2H3. The van der Waals surface area contributed by atoms with Gasteiger partial charge in [0, 0.05) is 31.9 Å². The van der Waals surface area contributed by atoms with Crippen LogP contribution in [0.4, 0.5) is 5.69 Å². The average Bonchev–Trinajstić information content (AvgIpc) is 2.84. The van der Waals surface area contributed by atoms with Gasteiger partial charge in [-0.25, -0.2) is 0 Å². The van der Waals surface area contributed by atoms with Crippen molar-refractivity contribution in [2.45, 2.75) is 24.9 Å². The smallest absolute Gasteiger partial charge is 0.230 e. The number of nitrogens with zero attached hydrogens (tertiary/aromatic N) is 4. The molecular formula is C13H16N4O2. The predicted molar refractivity (Wildman–Crippen MR) is 69.8 cm³/mol. The van der Waals surface area contributed by atoms with Crippen molar-refractivity contribution in [3.63, 3.8) is 0 Å². The molecule has 0 saturated heterocycles. The second-order valence-corrected chi connectivity index (χ2v) is 5.07. The first kappa shape index (κ1) is 12.1. The second kappa shape index (κ2) is 4.62. The van der Waals surface area contributed by atoms with E-state index in [1.807, 2.05) is 31.1 Å². The molecule has 0 bridgehead atoms. The third-order valence-corrected chi connectivity index (χ3v) is 3.39. The maximum absolute atomic E-state index is 9.29. The van der Waals surface area contributed by atoms with Gasteiger partial charge in [0.25, 0.3) is 0 Å². The Bertz CT molecular complexity index is 576. The lowest BCUT2D eigenvalue weighted by molar-refractivity contribution is 0.0625. The van der Waals surface area contributed by atoms with Crippen LogP contribution in [0.5, 0.6) is 0 Å². The lowest BCUT2D eigenvalue weighted by atomic mass is 9.82. The van der Waals surface area contributed by atoms with E-state index in [9.17, 15) is 5.11 Å². The first-order valence-corrected chi connectivity index (χ1v) is 6.29. The number of hydrogen-bond acceptors (Lipinski definition) is 6. The summed E-state index contributed by atoms with van der Waals surface area (Å²) in [5.74, 6) is 1.28. The Morgan fingerprint density at radius 2 is 2.16 bits per heavy atom. The van der Waals surface area contributed by atoms with Crippen molar-refractivity contribution in [3.8, 4) is 11.5 Å². The summed E-state index contributed by atoms with van der Waals surface area (Å²) in [7, 11) is 3.94. The minimum absolute atomic E-state index is 0.188. The minimum atomic E-state index is -0.226. The van der Waals surface area contributed by atoms with Crippen molar-refractivity contribution in [1.29, 1.82) is 0 Å². The zero-order chi connectivity index (χ0) is 13.4. The maximum atomic E-state index is 9.29. The topological polar surface area (TPSA) is 75.3 Å². The van der Waals surface area contributed by atoms with Crippen molar-refractivity contribution < 1.29 is 9.63 Å². The van der Waals surface area contributed by atoms with Gasteiger partial charge in [0.05, 0.1) is 6.10 Å². The van der Waals surface area contributed by atoms with Crippen LogP contribution in [0.25, 0.3) is 11.5 Å². The van der Waals surface area contributed by atoms with Gasteiger partial charge in [0.2, 0.25) is 11.7 Å². The number of anilines is 1. The fraction of sp³-hybridized carbons (Fsp3) is 0.462. The Balaban J connectivity index is 1.84. The summed E-state index contributed by atoms with van der Waals surface area (Å²) in [6, 6.07) is 3.84. The summed E-state index contributed by atoms with van der Waals surface area (Å²) in [6.45, 7) is 0. The monoisotopic (exact) mass is 260 g/mol. The minimum Gasteiger partial charge on any atom is -0.393 e. The Kier molecular flexibility index (Phi) is 2.94. The SMILES string of the molecule is CN(C)c1ccnc(-c2noc(C3CC(O)C3)n2)c1. The van der Waals surface area contributed by atoms with Crippen LogP contribution in [0.3, 0.4) is 0 Å². The Morgan fingerprint density at radius 1 is 1.37 bits per heavy atom. The summed E-state index contributed by atoms with van der Waals surface area (Å²) in [5, 5.41) is 13.3. The van der Waals surface area contributed by atoms with E-state index >= 15 is 0 Å². The highest BCUT2D eigenvalue weighted by molar-refractivity contribution is 5.57. The zero-order valence-corrected chi connectivity index (χ0v) is 10.9. The summed E-state index contributed by atoms with van der Waals surface area (Å²) in [6.07, 6.45) is 2.91. The quantitative estimate of drug-likeness (QED) is 0.900. The zero-order valence-electron chi connectivity index (χ0n) is 10.9. The molecule has 0 spiro atoms. The Hall–Kier alpha value is -1.95. The molecule has 1 saturated carbocycles. The van der Waals surface area contributed by atoms with Crippen LogP contribution in [0.2, 0.25) is 0 Å². The third kappa shape index (κ3) is 2.31. The van der Waals surface area contributed by atoms with Gasteiger partial charge in [-0.1, -0.05) is 5.16 Å². The molecule has 0 aliphatic heterocycles. The van der Waals surface area contributed by atoms with E-state index in [0.717, 1.165) is 5.69 Å². The van der Waals surface area contributed by atoms with Gasteiger partial charge < -0.3 is 14.5 Å². The summed E-state index contributed by atoms with van der Waals surface area (Å²) >= 11 is 0. The predicted octanol–water partition coefficient (Wildman–Crippen LogP) is 1.44. The first-order valence-electron chi connectivity index (χ1n) is 6.29. The molecule has 1 aliphatic carbocycles. The van der Waals surface area contributed by atoms with Gasteiger partial charge in [0.1, 0.15) is 5.69 Å². The molecule has 19 heavy (non-hydrogen) atoms. The molecule has 0 radical (unpaired) electrons. The number of rotatable bonds is 3. The lowest BCUT2D eigenvalue weighted by Gasteiger charge is -2.27. The molecular weight excluding hydrogens is 244 g/mol. The molecule has 2 heterocycles. The van der Waals surface area contributed by atoms with Crippen LogP contribution >= 0.6 is 0 Å². The summed E-state index contributed by atoms with van der Waals surface area (Å²) in [5.41, 5.74) is 1.73. The number of aromatic nitrogens is 3. The van der Waals surface area contributed by atoms with Crippen molar-refractivity contribution >= 4 is 5.69 Å². The molecule has 1 fully saturated rings. The van der Waals surface area contributed by atoms with E-state index in [2.05, 4.69) is 15.1 Å². The first-order chi connectivity index (χ1) is 9.13. The van der Waals surface area contributed by atoms with Gasteiger partial charge in [0.15, 0.2) is 0 Å². The number of aliphatic hydroxyl groups excluding tert-OH is 1. The molecule has 100 valence electrons. The molecule has 3 rings (SSSR count). The lowest BCUT2D eigenvalue weighted by Crippen LogP contribution is -2.26. The molecule has 2 aromatic heterocycles. The summed E-state index contributed by atoms with van der Waals surface area (Å²) < 4.78 is 5.25. The van der Waals surface area contributed by atoms with Crippen molar-refractivity contribution in [1.82, 2.24) is 15.1 Å². The molecule has 1 N–H and O–H groups in total. The molecule has 6 nitrogen and oxygen atoms in total. The van der Waals surface area contributed by atoms with E-state index in [1.54, 1.807) is 6.20 Å². The highest BCUT2D eigenvalue weighted by atomic mass is 16.5. The number of hydrogen-bond donors (Lipinski definition) is 1. The third-order valence-electron chi connectivity index (χ3n) is 3.39. The van der Waals surface area contributed by atoms with Crippen LogP contribution in [0, 0.1) is 0 Å². The van der Waals surface area contributed by atoms with E-state index in [-0.39, 0.29) is 12.0 Å². The fourth-order valence-corrected chi connectivity index (χ4v) is 2.11. The Morgan fingerprint density at radius 3 is 2.84 bits per heavy atom. The maximum Gasteiger partial charge on any atom is 0.230 e. The van der Waals surface area contributed by atoms with Crippen molar-refractivity contribution in [2.24, 2.45) is 0 Å². The number of pyridine rings is 1. The van der Waals surface area contributed by atoms with Gasteiger partial charge in [-0.3, -0.25) is 4.98 Å². The van der Waals surface area contributed by atoms with Crippen LogP contribution in [0.15, 0.2) is 22.9 Å². The van der Waals surface area contributed by atoms with Crippen LogP contribution in [0.1, 0.15) is 24.7 Å². The van der Waals surface area contributed by atoms with Crippen molar-refractivity contribution in [2.75, 3.05) is 19.0 Å². The molecule has 0 unspecified atom stereocenters. The average molecular weight is 260 g/mol. The van der Waals surface area contributed by atoms with Gasteiger partial charge >= 0.3 is 0 Å². The molecule has 0 atom stereocenters. The Labute approximate surface area is 111 Å². The second-order valence-electron chi connectivity index (χ2n) is 5.07. The molecule has 0 amide bonds. The molecule has 1 aliphatic rings. The van der Waals surface area contributed by atoms with Gasteiger partial charge in [-0.15, -0.1) is 0 Å². The normalized spacial score (nSPS) is 22.1. The van der Waals surface area contributed by atoms with Crippen LogP contribution in [-0.2, 0) is 0 Å². The van der Waals surface area contributed by atoms with Crippen molar-refractivity contribution in [3.05, 3.63) is 24.2 Å². The molecule has 2 aromatic rings. The number of aliphatic hydroxyl groups is 1. The van der Waals surface area contributed by atoms with Crippen LogP contribution in [-0.4, -0.2) is 40.4 Å². The fourth-order valence-electron chi connectivity index (χ4n) is 2.11. The van der Waals surface area contributed by atoms with E-state index in [1.165, 1.54) is 0 Å². The largest absolute Gasteiger partial charge is 0.393 e. The highest BCUT2D eigenvalue weighted by Crippen LogP contribution is 2.36. The van der Waals surface area contributed by atoms with Crippen LogP contribution < -0.4 is 4.90 Å². The highest BCUT2D eigenvalue weighted by Gasteiger charge is 2.33. The van der Waals surface area contributed by atoms with Gasteiger partial charge in [-0.2, -0.15) is 4.98 Å². The molecule has 6 heteroatoms. The molecule has 0 aromatic carbocycles.